The zero-order valence-corrected chi connectivity index (χ0v) is 22.4. The molecule has 38 heavy (non-hydrogen) atoms. The number of aromatic nitrogens is 1. The zero-order chi connectivity index (χ0) is 28.3. The molecule has 0 radical (unpaired) electrons. The largest absolute Gasteiger partial charge is 0.491 e. The van der Waals surface area contributed by atoms with Crippen molar-refractivity contribution >= 4 is 17.0 Å². The minimum absolute atomic E-state index is 0.123. The van der Waals surface area contributed by atoms with Crippen LogP contribution in [0, 0.1) is 17.2 Å². The van der Waals surface area contributed by atoms with Gasteiger partial charge in [0.25, 0.3) is 0 Å². The fraction of sp³-hybridized carbons (Fsp3) is 0.414. The fourth-order valence-electron chi connectivity index (χ4n) is 4.36. The maximum Gasteiger partial charge on any atom is 0.419 e. The van der Waals surface area contributed by atoms with Crippen LogP contribution in [0.2, 0.25) is 0 Å². The Balaban J connectivity index is 1.98. The Hall–Kier alpha value is -3.80. The predicted molar refractivity (Wildman–Crippen MR) is 140 cm³/mol. The number of nitrogens with zero attached hydrogens (tertiary/aromatic N) is 2. The van der Waals surface area contributed by atoms with Crippen molar-refractivity contribution in [2.45, 2.75) is 65.3 Å². The van der Waals surface area contributed by atoms with Crippen LogP contribution in [0.15, 0.2) is 48.7 Å². The molecule has 6 nitrogen and oxygen atoms in total. The van der Waals surface area contributed by atoms with Gasteiger partial charge in [-0.3, -0.25) is 4.98 Å². The third-order valence-corrected chi connectivity index (χ3v) is 5.65. The van der Waals surface area contributed by atoms with E-state index in [2.05, 4.69) is 10.3 Å². The molecule has 0 saturated carbocycles. The van der Waals surface area contributed by atoms with Gasteiger partial charge in [0.1, 0.15) is 18.0 Å². The standard InChI is InChI=1S/C29H32F3N3O3/c1-18(2)15-28(6,35-26(36)38-27(3,4)5)17-37-25-10-9-20(14-23(25)29(30,31)32)22-12-19(16-33)13-24-21(22)8-7-11-34-24/h7-14,18H,15,17H2,1-6H3,(H,35,36). The molecule has 3 rings (SSSR count). The van der Waals surface area contributed by atoms with Gasteiger partial charge >= 0.3 is 12.3 Å². The maximum absolute atomic E-state index is 14.2. The molecule has 0 spiro atoms. The van der Waals surface area contributed by atoms with Crippen LogP contribution >= 0.6 is 0 Å². The first-order valence-electron chi connectivity index (χ1n) is 12.2. The number of pyridine rings is 1. The van der Waals surface area contributed by atoms with Crippen LogP contribution in [0.3, 0.4) is 0 Å². The van der Waals surface area contributed by atoms with E-state index in [1.165, 1.54) is 12.1 Å². The van der Waals surface area contributed by atoms with Crippen molar-refractivity contribution in [3.8, 4) is 22.9 Å². The first kappa shape index (κ1) is 28.8. The van der Waals surface area contributed by atoms with E-state index in [-0.39, 0.29) is 29.4 Å². The number of fused-ring (bicyclic) bond motifs is 1. The van der Waals surface area contributed by atoms with E-state index in [1.54, 1.807) is 58.2 Å². The van der Waals surface area contributed by atoms with Crippen LogP contribution in [-0.4, -0.2) is 28.8 Å². The number of nitriles is 1. The number of alkyl halides is 3. The molecule has 1 heterocycles. The number of rotatable bonds is 7. The number of benzene rings is 2. The van der Waals surface area contributed by atoms with E-state index in [4.69, 9.17) is 9.47 Å². The van der Waals surface area contributed by atoms with Gasteiger partial charge in [-0.05, 0) is 81.5 Å². The molecule has 2 aromatic carbocycles. The third kappa shape index (κ3) is 7.37. The Morgan fingerprint density at radius 2 is 1.82 bits per heavy atom. The summed E-state index contributed by atoms with van der Waals surface area (Å²) in [5.41, 5.74) is -1.14. The number of carbonyl (C=O) groups is 1. The quantitative estimate of drug-likeness (QED) is 0.344. The number of carbonyl (C=O) groups excluding carboxylic acids is 1. The fourth-order valence-corrected chi connectivity index (χ4v) is 4.36. The third-order valence-electron chi connectivity index (χ3n) is 5.65. The zero-order valence-electron chi connectivity index (χ0n) is 22.4. The smallest absolute Gasteiger partial charge is 0.419 e. The summed E-state index contributed by atoms with van der Waals surface area (Å²) < 4.78 is 53.7. The average Bonchev–Trinajstić information content (AvgIpc) is 2.79. The monoisotopic (exact) mass is 527 g/mol. The molecule has 1 aromatic heterocycles. The molecule has 1 unspecified atom stereocenters. The highest BCUT2D eigenvalue weighted by Crippen LogP contribution is 2.40. The minimum atomic E-state index is -4.71. The van der Waals surface area contributed by atoms with Crippen molar-refractivity contribution in [3.05, 3.63) is 59.8 Å². The van der Waals surface area contributed by atoms with Crippen molar-refractivity contribution in [3.63, 3.8) is 0 Å². The normalized spacial score (nSPS) is 13.6. The summed E-state index contributed by atoms with van der Waals surface area (Å²) in [7, 11) is 0. The number of alkyl carbamates (subject to hydrolysis) is 1. The molecule has 9 heteroatoms. The van der Waals surface area contributed by atoms with Gasteiger partial charge in [-0.15, -0.1) is 0 Å². The van der Waals surface area contributed by atoms with E-state index in [1.807, 2.05) is 19.9 Å². The van der Waals surface area contributed by atoms with Gasteiger partial charge in [0.2, 0.25) is 0 Å². The van der Waals surface area contributed by atoms with Crippen molar-refractivity contribution in [1.29, 1.82) is 5.26 Å². The van der Waals surface area contributed by atoms with Crippen LogP contribution in [-0.2, 0) is 10.9 Å². The Morgan fingerprint density at radius 3 is 2.42 bits per heavy atom. The summed E-state index contributed by atoms with van der Waals surface area (Å²) in [5, 5.41) is 12.8. The van der Waals surface area contributed by atoms with Crippen LogP contribution in [0.25, 0.3) is 22.0 Å². The molecule has 0 fully saturated rings. The molecular formula is C29H32F3N3O3. The van der Waals surface area contributed by atoms with Crippen LogP contribution < -0.4 is 10.1 Å². The summed E-state index contributed by atoms with van der Waals surface area (Å²) >= 11 is 0. The SMILES string of the molecule is CC(C)CC(C)(COc1ccc(-c2cc(C#N)cc3ncccc23)cc1C(F)(F)F)NC(=O)OC(C)(C)C. The van der Waals surface area contributed by atoms with Gasteiger partial charge in [-0.2, -0.15) is 18.4 Å². The number of hydrogen-bond donors (Lipinski definition) is 1. The molecule has 0 aliphatic heterocycles. The van der Waals surface area contributed by atoms with Gasteiger partial charge in [-0.1, -0.05) is 26.0 Å². The van der Waals surface area contributed by atoms with Crippen LogP contribution in [0.5, 0.6) is 5.75 Å². The lowest BCUT2D eigenvalue weighted by Gasteiger charge is -2.33. The summed E-state index contributed by atoms with van der Waals surface area (Å²) in [6, 6.07) is 12.4. The predicted octanol–water partition coefficient (Wildman–Crippen LogP) is 7.50. The molecule has 1 amide bonds. The topological polar surface area (TPSA) is 84.2 Å². The van der Waals surface area contributed by atoms with E-state index in [0.29, 0.717) is 22.9 Å². The molecule has 0 bridgehead atoms. The Kier molecular flexibility index (Phi) is 8.25. The molecule has 0 saturated heterocycles. The van der Waals surface area contributed by atoms with Gasteiger partial charge < -0.3 is 14.8 Å². The lowest BCUT2D eigenvalue weighted by molar-refractivity contribution is -0.139. The van der Waals surface area contributed by atoms with E-state index in [0.717, 1.165) is 6.07 Å². The number of hydrogen-bond acceptors (Lipinski definition) is 5. The summed E-state index contributed by atoms with van der Waals surface area (Å²) in [6.45, 7) is 10.6. The number of halogens is 3. The summed E-state index contributed by atoms with van der Waals surface area (Å²) in [6.07, 6.45) is -3.37. The van der Waals surface area contributed by atoms with Gasteiger partial charge in [0.05, 0.1) is 28.3 Å². The minimum Gasteiger partial charge on any atom is -0.491 e. The average molecular weight is 528 g/mol. The molecule has 1 atom stereocenters. The van der Waals surface area contributed by atoms with Crippen molar-refractivity contribution in [1.82, 2.24) is 10.3 Å². The Labute approximate surface area is 220 Å². The number of amides is 1. The second-order valence-corrected chi connectivity index (χ2v) is 11.0. The van der Waals surface area contributed by atoms with Gasteiger partial charge in [-0.25, -0.2) is 4.79 Å². The Bertz CT molecular complexity index is 1360. The Morgan fingerprint density at radius 1 is 1.11 bits per heavy atom. The van der Waals surface area contributed by atoms with E-state index in [9.17, 15) is 23.2 Å². The lowest BCUT2D eigenvalue weighted by atomic mass is 9.91. The highest BCUT2D eigenvalue weighted by atomic mass is 19.4. The second kappa shape index (κ2) is 10.9. The van der Waals surface area contributed by atoms with Crippen LogP contribution in [0.1, 0.15) is 59.1 Å². The molecule has 0 aliphatic carbocycles. The molecular weight excluding hydrogens is 495 g/mol. The van der Waals surface area contributed by atoms with Crippen molar-refractivity contribution < 1.29 is 27.4 Å². The highest BCUT2D eigenvalue weighted by molar-refractivity contribution is 5.95. The van der Waals surface area contributed by atoms with E-state index < -0.39 is 29.0 Å². The summed E-state index contributed by atoms with van der Waals surface area (Å²) in [5.74, 6) is -0.238. The maximum atomic E-state index is 14.2. The van der Waals surface area contributed by atoms with Gasteiger partial charge in [0, 0.05) is 11.6 Å². The first-order chi connectivity index (χ1) is 17.6. The first-order valence-corrected chi connectivity index (χ1v) is 12.2. The van der Waals surface area contributed by atoms with Crippen molar-refractivity contribution in [2.75, 3.05) is 6.61 Å². The molecule has 3 aromatic rings. The summed E-state index contributed by atoms with van der Waals surface area (Å²) in [4.78, 5) is 16.7. The molecule has 1 N–H and O–H groups in total. The number of ether oxygens (including phenoxy) is 2. The highest BCUT2D eigenvalue weighted by Gasteiger charge is 2.37. The lowest BCUT2D eigenvalue weighted by Crippen LogP contribution is -2.52. The van der Waals surface area contributed by atoms with E-state index >= 15 is 0 Å². The van der Waals surface area contributed by atoms with Crippen LogP contribution in [0.4, 0.5) is 18.0 Å². The number of nitrogens with one attached hydrogen (secondary N) is 1. The van der Waals surface area contributed by atoms with Gasteiger partial charge in [0.15, 0.2) is 0 Å². The second-order valence-electron chi connectivity index (χ2n) is 11.0. The molecule has 0 aliphatic rings. The molecule has 202 valence electrons. The van der Waals surface area contributed by atoms with Crippen molar-refractivity contribution in [2.24, 2.45) is 5.92 Å².